The molecule has 0 atom stereocenters. The molecule has 4 aliphatic rings. The lowest BCUT2D eigenvalue weighted by Gasteiger charge is -2.32. The lowest BCUT2D eigenvalue weighted by Crippen LogP contribution is -2.38. The van der Waals surface area contributed by atoms with Crippen molar-refractivity contribution in [1.29, 1.82) is 5.26 Å². The number of aromatic amines is 1. The third-order valence-electron chi connectivity index (χ3n) is 6.37. The second-order valence-corrected chi connectivity index (χ2v) is 8.37. The van der Waals surface area contributed by atoms with E-state index < -0.39 is 0 Å². The smallest absolute Gasteiger partial charge is 0.141 e. The first kappa shape index (κ1) is 16.8. The van der Waals surface area contributed by atoms with Gasteiger partial charge in [-0.1, -0.05) is 0 Å². The molecule has 27 heavy (non-hydrogen) atoms. The lowest BCUT2D eigenvalue weighted by atomic mass is 9.79. The van der Waals surface area contributed by atoms with Gasteiger partial charge in [-0.05, 0) is 56.4 Å². The maximum atomic E-state index is 9.13. The zero-order valence-electron chi connectivity index (χ0n) is 15.6. The van der Waals surface area contributed by atoms with Gasteiger partial charge in [-0.25, -0.2) is 10.0 Å². The van der Waals surface area contributed by atoms with E-state index in [1.807, 2.05) is 17.5 Å². The molecule has 2 aliphatic heterocycles. The second kappa shape index (κ2) is 7.02. The monoisotopic (exact) mass is 365 g/mol. The average Bonchev–Trinajstić information content (AvgIpc) is 3.19. The Morgan fingerprint density at radius 2 is 1.89 bits per heavy atom. The van der Waals surface area contributed by atoms with Crippen LogP contribution in [0.15, 0.2) is 23.0 Å². The number of aliphatic imine (C=N–C) groups is 1. The fraction of sp³-hybridized carbons (Fsp3) is 0.600. The number of allylic oxidation sites excluding steroid dienone is 1. The van der Waals surface area contributed by atoms with Gasteiger partial charge in [-0.3, -0.25) is 4.90 Å². The van der Waals surface area contributed by atoms with Crippen LogP contribution in [0.4, 0.5) is 5.82 Å². The van der Waals surface area contributed by atoms with Crippen LogP contribution in [0.25, 0.3) is 5.70 Å². The number of aromatic nitrogens is 1. The maximum Gasteiger partial charge on any atom is 0.141 e. The van der Waals surface area contributed by atoms with E-state index in [-0.39, 0.29) is 0 Å². The minimum Gasteiger partial charge on any atom is -0.346 e. The Morgan fingerprint density at radius 3 is 2.59 bits per heavy atom. The number of nitriles is 1. The molecule has 0 saturated heterocycles. The molecule has 0 amide bonds. The molecule has 142 valence electrons. The van der Waals surface area contributed by atoms with Gasteiger partial charge in [0.05, 0.1) is 24.0 Å². The molecule has 0 radical (unpaired) electrons. The summed E-state index contributed by atoms with van der Waals surface area (Å²) >= 11 is 0. The number of rotatable bonds is 6. The van der Waals surface area contributed by atoms with E-state index in [1.54, 1.807) is 0 Å². The predicted molar refractivity (Wildman–Crippen MR) is 104 cm³/mol. The molecule has 3 N–H and O–H groups in total. The van der Waals surface area contributed by atoms with E-state index in [9.17, 15) is 0 Å². The van der Waals surface area contributed by atoms with Crippen molar-refractivity contribution in [3.05, 3.63) is 23.5 Å². The number of hydrazine groups is 2. The molecule has 1 aromatic heterocycles. The lowest BCUT2D eigenvalue weighted by molar-refractivity contribution is 0.195. The summed E-state index contributed by atoms with van der Waals surface area (Å²) in [5.41, 5.74) is 10.3. The Bertz CT molecular complexity index is 789. The van der Waals surface area contributed by atoms with Gasteiger partial charge in [0, 0.05) is 30.8 Å². The number of hydrogen-bond donors (Lipinski definition) is 3. The third kappa shape index (κ3) is 3.35. The molecule has 0 bridgehead atoms. The molecule has 0 aromatic carbocycles. The van der Waals surface area contributed by atoms with Crippen LogP contribution in [-0.2, 0) is 0 Å². The van der Waals surface area contributed by atoms with Crippen molar-refractivity contribution < 1.29 is 0 Å². The number of H-pyrrole nitrogens is 1. The average molecular weight is 365 g/mol. The summed E-state index contributed by atoms with van der Waals surface area (Å²) in [5.74, 6) is 3.06. The molecule has 7 heteroatoms. The largest absolute Gasteiger partial charge is 0.346 e. The first-order valence-electron chi connectivity index (χ1n) is 10.2. The van der Waals surface area contributed by atoms with Gasteiger partial charge in [0.15, 0.2) is 0 Å². The van der Waals surface area contributed by atoms with Gasteiger partial charge in [-0.15, -0.1) is 5.53 Å². The van der Waals surface area contributed by atoms with Crippen molar-refractivity contribution in [2.24, 2.45) is 22.7 Å². The number of nitrogens with zero attached hydrogens (tertiary/aromatic N) is 4. The quantitative estimate of drug-likeness (QED) is 0.675. The van der Waals surface area contributed by atoms with Crippen molar-refractivity contribution >= 4 is 17.9 Å². The molecule has 0 unspecified atom stereocenters. The molecule has 7 nitrogen and oxygen atoms in total. The van der Waals surface area contributed by atoms with Crippen LogP contribution < -0.4 is 11.0 Å². The SMILES string of the molecule is N#CCN(CC1CC1)CC1CCC(C2=C3c4cc[nH]c4N=CN3NN2)CC1. The van der Waals surface area contributed by atoms with E-state index in [0.29, 0.717) is 12.5 Å². The molecular weight excluding hydrogens is 338 g/mol. The topological polar surface area (TPSA) is 82.5 Å². The molecule has 5 rings (SSSR count). The van der Waals surface area contributed by atoms with Crippen molar-refractivity contribution in [3.63, 3.8) is 0 Å². The van der Waals surface area contributed by atoms with Gasteiger partial charge in [0.25, 0.3) is 0 Å². The van der Waals surface area contributed by atoms with Gasteiger partial charge < -0.3 is 10.4 Å². The number of hydrogen-bond acceptors (Lipinski definition) is 6. The van der Waals surface area contributed by atoms with E-state index in [4.69, 9.17) is 5.26 Å². The van der Waals surface area contributed by atoms with Crippen molar-refractivity contribution in [3.8, 4) is 6.07 Å². The van der Waals surface area contributed by atoms with Crippen molar-refractivity contribution in [1.82, 2.24) is 25.9 Å². The van der Waals surface area contributed by atoms with Gasteiger partial charge >= 0.3 is 0 Å². The standard InChI is InChI=1S/C20H27N7/c21-8-10-26(11-14-1-2-14)12-15-3-5-16(6-4-15)18-19-17-7-9-22-20(17)23-13-27(19)25-24-18/h7,9,13-16,22,24-25H,1-6,10-12H2. The summed E-state index contributed by atoms with van der Waals surface area (Å²) in [4.78, 5) is 10.0. The van der Waals surface area contributed by atoms with Crippen LogP contribution in [0.2, 0.25) is 0 Å². The highest BCUT2D eigenvalue weighted by atomic mass is 15.7. The predicted octanol–water partition coefficient (Wildman–Crippen LogP) is 2.72. The minimum absolute atomic E-state index is 0.552. The van der Waals surface area contributed by atoms with Crippen LogP contribution in [0.5, 0.6) is 0 Å². The van der Waals surface area contributed by atoms with Gasteiger partial charge in [-0.2, -0.15) is 5.26 Å². The summed E-state index contributed by atoms with van der Waals surface area (Å²) in [7, 11) is 0. The molecule has 0 spiro atoms. The molecule has 2 fully saturated rings. The number of nitrogens with one attached hydrogen (secondary N) is 3. The number of fused-ring (bicyclic) bond motifs is 3. The normalized spacial score (nSPS) is 26.7. The fourth-order valence-electron chi connectivity index (χ4n) is 4.76. The molecule has 3 heterocycles. The van der Waals surface area contributed by atoms with E-state index >= 15 is 0 Å². The Hall–Kier alpha value is -2.30. The van der Waals surface area contributed by atoms with Crippen molar-refractivity contribution in [2.75, 3.05) is 19.6 Å². The Balaban J connectivity index is 1.24. The maximum absolute atomic E-state index is 9.13. The molecule has 1 aromatic rings. The third-order valence-corrected chi connectivity index (χ3v) is 6.37. The summed E-state index contributed by atoms with van der Waals surface area (Å²) in [6.45, 7) is 2.80. The van der Waals surface area contributed by atoms with Crippen LogP contribution in [-0.4, -0.2) is 40.9 Å². The molecule has 2 saturated carbocycles. The summed E-state index contributed by atoms with van der Waals surface area (Å²) < 4.78 is 0. The molecular formula is C20H27N7. The van der Waals surface area contributed by atoms with Crippen LogP contribution in [0, 0.1) is 29.1 Å². The zero-order chi connectivity index (χ0) is 18.2. The Kier molecular flexibility index (Phi) is 4.38. The molecule has 2 aliphatic carbocycles. The van der Waals surface area contributed by atoms with Gasteiger partial charge in [0.2, 0.25) is 0 Å². The summed E-state index contributed by atoms with van der Waals surface area (Å²) in [5, 5.41) is 11.1. The highest BCUT2D eigenvalue weighted by molar-refractivity contribution is 5.87. The van der Waals surface area contributed by atoms with Crippen LogP contribution in [0.1, 0.15) is 44.1 Å². The first-order valence-corrected chi connectivity index (χ1v) is 10.2. The van der Waals surface area contributed by atoms with Crippen LogP contribution in [0.3, 0.4) is 0 Å². The Morgan fingerprint density at radius 1 is 1.15 bits per heavy atom. The van der Waals surface area contributed by atoms with E-state index in [1.165, 1.54) is 49.9 Å². The van der Waals surface area contributed by atoms with Crippen molar-refractivity contribution in [2.45, 2.75) is 38.5 Å². The summed E-state index contributed by atoms with van der Waals surface area (Å²) in [6, 6.07) is 4.46. The zero-order valence-corrected chi connectivity index (χ0v) is 15.6. The fourth-order valence-corrected chi connectivity index (χ4v) is 4.76. The second-order valence-electron chi connectivity index (χ2n) is 8.37. The highest BCUT2D eigenvalue weighted by Gasteiger charge is 2.34. The Labute approximate surface area is 160 Å². The van der Waals surface area contributed by atoms with Gasteiger partial charge in [0.1, 0.15) is 12.2 Å². The highest BCUT2D eigenvalue weighted by Crippen LogP contribution is 2.41. The summed E-state index contributed by atoms with van der Waals surface area (Å²) in [6.07, 6.45) is 11.4. The van der Waals surface area contributed by atoms with E-state index in [2.05, 4.69) is 38.0 Å². The first-order chi connectivity index (χ1) is 13.3. The minimum atomic E-state index is 0.552. The van der Waals surface area contributed by atoms with E-state index in [0.717, 1.165) is 36.3 Å². The van der Waals surface area contributed by atoms with Crippen LogP contribution >= 0.6 is 0 Å².